The Morgan fingerprint density at radius 2 is 1.76 bits per heavy atom. The molecule has 2 fully saturated rings. The minimum atomic E-state index is 0.469. The molecule has 33 heavy (non-hydrogen) atoms. The van der Waals surface area contributed by atoms with Crippen molar-refractivity contribution >= 4 is 40.6 Å². The number of nitrogens with one attached hydrogen (secondary N) is 2. The lowest BCUT2D eigenvalue weighted by Crippen LogP contribution is -2.47. The molecule has 1 aromatic heterocycles. The molecule has 0 saturated carbocycles. The number of nitrogens with zero attached hydrogens (tertiary/aromatic N) is 5. The zero-order valence-electron chi connectivity index (χ0n) is 19.7. The van der Waals surface area contributed by atoms with Crippen molar-refractivity contribution in [2.24, 2.45) is 0 Å². The molecule has 2 N–H and O–H groups in total. The van der Waals surface area contributed by atoms with Gasteiger partial charge in [-0.15, -0.1) is 0 Å². The van der Waals surface area contributed by atoms with Crippen LogP contribution in [0.25, 0.3) is 0 Å². The van der Waals surface area contributed by atoms with Crippen LogP contribution in [0.1, 0.15) is 26.2 Å². The predicted molar refractivity (Wildman–Crippen MR) is 140 cm³/mol. The fourth-order valence-corrected chi connectivity index (χ4v) is 4.66. The molecular formula is C24H35N7OS. The molecule has 2 aromatic rings. The maximum atomic E-state index is 5.45. The average Bonchev–Trinajstić information content (AvgIpc) is 2.85. The lowest BCUT2D eigenvalue weighted by Gasteiger charge is -2.38. The Balaban J connectivity index is 1.51. The van der Waals surface area contributed by atoms with Gasteiger partial charge in [0, 0.05) is 64.2 Å². The maximum Gasteiger partial charge on any atom is 0.232 e. The van der Waals surface area contributed by atoms with Crippen LogP contribution in [-0.2, 0) is 4.74 Å². The third-order valence-corrected chi connectivity index (χ3v) is 6.58. The highest BCUT2D eigenvalue weighted by atomic mass is 32.1. The number of benzene rings is 1. The van der Waals surface area contributed by atoms with E-state index in [9.17, 15) is 0 Å². The lowest BCUT2D eigenvalue weighted by molar-refractivity contribution is 0.204. The summed E-state index contributed by atoms with van der Waals surface area (Å²) in [4.78, 5) is 16.9. The number of aromatic nitrogens is 2. The van der Waals surface area contributed by atoms with Crippen LogP contribution in [-0.4, -0.2) is 74.1 Å². The number of anilines is 4. The Morgan fingerprint density at radius 1 is 1.03 bits per heavy atom. The summed E-state index contributed by atoms with van der Waals surface area (Å²) in [6.45, 7) is 8.28. The molecule has 2 saturated heterocycles. The molecule has 1 aromatic carbocycles. The van der Waals surface area contributed by atoms with Gasteiger partial charge in [0.25, 0.3) is 0 Å². The van der Waals surface area contributed by atoms with Crippen LogP contribution < -0.4 is 25.3 Å². The van der Waals surface area contributed by atoms with Crippen molar-refractivity contribution in [2.45, 2.75) is 32.2 Å². The first kappa shape index (κ1) is 23.5. The summed E-state index contributed by atoms with van der Waals surface area (Å²) in [5.74, 6) is 2.47. The summed E-state index contributed by atoms with van der Waals surface area (Å²) in [6.07, 6.45) is 3.66. The summed E-state index contributed by atoms with van der Waals surface area (Å²) in [5.41, 5.74) is 1.28. The summed E-state index contributed by atoms with van der Waals surface area (Å²) in [5, 5.41) is 6.84. The normalized spacial score (nSPS) is 18.8. The van der Waals surface area contributed by atoms with E-state index in [0.717, 1.165) is 44.4 Å². The Kier molecular flexibility index (Phi) is 8.17. The van der Waals surface area contributed by atoms with Gasteiger partial charge in [0.05, 0.1) is 6.61 Å². The Bertz CT molecular complexity index is 905. The highest BCUT2D eigenvalue weighted by molar-refractivity contribution is 7.80. The molecule has 8 nitrogen and oxygen atoms in total. The molecule has 0 spiro atoms. The van der Waals surface area contributed by atoms with Crippen LogP contribution in [0.3, 0.4) is 0 Å². The molecule has 0 bridgehead atoms. The Labute approximate surface area is 202 Å². The van der Waals surface area contributed by atoms with Gasteiger partial charge in [-0.3, -0.25) is 0 Å². The van der Waals surface area contributed by atoms with E-state index in [1.54, 1.807) is 7.11 Å². The second-order valence-corrected chi connectivity index (χ2v) is 9.04. The molecule has 9 heteroatoms. The molecule has 0 radical (unpaired) electrons. The van der Waals surface area contributed by atoms with Crippen LogP contribution in [0.15, 0.2) is 36.4 Å². The summed E-state index contributed by atoms with van der Waals surface area (Å²) in [7, 11) is 1.67. The lowest BCUT2D eigenvalue weighted by atomic mass is 10.0. The fourth-order valence-electron chi connectivity index (χ4n) is 4.47. The topological polar surface area (TPSA) is 68.8 Å². The zero-order chi connectivity index (χ0) is 23.0. The molecule has 1 atom stereocenters. The summed E-state index contributed by atoms with van der Waals surface area (Å²) in [6, 6.07) is 13.2. The molecule has 0 amide bonds. The third kappa shape index (κ3) is 6.23. The second-order valence-electron chi connectivity index (χ2n) is 8.63. The van der Waals surface area contributed by atoms with Crippen molar-refractivity contribution in [1.29, 1.82) is 0 Å². The standard InChI is InChI=1S/C24H35N7OS/c1-19-8-6-7-12-31(19)22-18-21(26-23(27-22)28-24(33)25-11-17-32-2)30-15-13-29(14-16-30)20-9-4-3-5-10-20/h3-5,9-10,18-19H,6-8,11-17H2,1-2H3,(H2,25,26,27,28,33). The van der Waals surface area contributed by atoms with E-state index >= 15 is 0 Å². The number of hydrogen-bond acceptors (Lipinski definition) is 7. The number of para-hydroxylation sites is 1. The van der Waals surface area contributed by atoms with E-state index in [1.807, 2.05) is 0 Å². The van der Waals surface area contributed by atoms with Crippen LogP contribution in [0.5, 0.6) is 0 Å². The molecule has 178 valence electrons. The van der Waals surface area contributed by atoms with Crippen molar-refractivity contribution in [3.8, 4) is 0 Å². The van der Waals surface area contributed by atoms with Gasteiger partial charge in [-0.05, 0) is 50.5 Å². The van der Waals surface area contributed by atoms with Crippen LogP contribution in [0, 0.1) is 0 Å². The van der Waals surface area contributed by atoms with Gasteiger partial charge >= 0.3 is 0 Å². The van der Waals surface area contributed by atoms with Gasteiger partial charge in [-0.1, -0.05) is 18.2 Å². The number of piperazine rings is 1. The van der Waals surface area contributed by atoms with E-state index in [0.29, 0.717) is 30.3 Å². The van der Waals surface area contributed by atoms with Gasteiger partial charge in [0.1, 0.15) is 11.6 Å². The third-order valence-electron chi connectivity index (χ3n) is 6.34. The largest absolute Gasteiger partial charge is 0.383 e. The first-order valence-corrected chi connectivity index (χ1v) is 12.3. The fraction of sp³-hybridized carbons (Fsp3) is 0.542. The average molecular weight is 470 g/mol. The molecule has 3 heterocycles. The van der Waals surface area contributed by atoms with E-state index in [2.05, 4.69) is 68.7 Å². The molecule has 0 aliphatic carbocycles. The Morgan fingerprint density at radius 3 is 2.48 bits per heavy atom. The smallest absolute Gasteiger partial charge is 0.232 e. The van der Waals surface area contributed by atoms with E-state index < -0.39 is 0 Å². The van der Waals surface area contributed by atoms with E-state index in [-0.39, 0.29) is 0 Å². The zero-order valence-corrected chi connectivity index (χ0v) is 20.5. The van der Waals surface area contributed by atoms with Crippen LogP contribution in [0.2, 0.25) is 0 Å². The molecule has 4 rings (SSSR count). The van der Waals surface area contributed by atoms with Crippen LogP contribution in [0.4, 0.5) is 23.3 Å². The monoisotopic (exact) mass is 469 g/mol. The summed E-state index contributed by atoms with van der Waals surface area (Å²) < 4.78 is 5.09. The highest BCUT2D eigenvalue weighted by Crippen LogP contribution is 2.28. The molecule has 2 aliphatic heterocycles. The second kappa shape index (κ2) is 11.5. The van der Waals surface area contributed by atoms with Crippen molar-refractivity contribution in [3.63, 3.8) is 0 Å². The van der Waals surface area contributed by atoms with E-state index in [1.165, 1.54) is 24.9 Å². The summed E-state index contributed by atoms with van der Waals surface area (Å²) >= 11 is 5.45. The SMILES string of the molecule is COCCNC(=S)Nc1nc(N2CCN(c3ccccc3)CC2)cc(N2CCCCC2C)n1. The van der Waals surface area contributed by atoms with E-state index in [4.69, 9.17) is 26.9 Å². The number of hydrogen-bond donors (Lipinski definition) is 2. The van der Waals surface area contributed by atoms with Gasteiger partial charge in [0.2, 0.25) is 5.95 Å². The van der Waals surface area contributed by atoms with Gasteiger partial charge < -0.3 is 30.1 Å². The van der Waals surface area contributed by atoms with Crippen molar-refractivity contribution in [3.05, 3.63) is 36.4 Å². The maximum absolute atomic E-state index is 5.45. The molecular weight excluding hydrogens is 434 g/mol. The first-order valence-electron chi connectivity index (χ1n) is 11.9. The number of methoxy groups -OCH3 is 1. The van der Waals surface area contributed by atoms with Crippen molar-refractivity contribution < 1.29 is 4.74 Å². The first-order chi connectivity index (χ1) is 16.1. The van der Waals surface area contributed by atoms with Gasteiger partial charge in [-0.2, -0.15) is 9.97 Å². The highest BCUT2D eigenvalue weighted by Gasteiger charge is 2.24. The van der Waals surface area contributed by atoms with Crippen molar-refractivity contribution in [2.75, 3.05) is 73.0 Å². The number of rotatable bonds is 7. The number of piperidine rings is 1. The van der Waals surface area contributed by atoms with Gasteiger partial charge in [0.15, 0.2) is 5.11 Å². The van der Waals surface area contributed by atoms with Gasteiger partial charge in [-0.25, -0.2) is 0 Å². The quantitative estimate of drug-likeness (QED) is 0.470. The Hall–Kier alpha value is -2.65. The number of thiocarbonyl (C=S) groups is 1. The van der Waals surface area contributed by atoms with Crippen LogP contribution >= 0.6 is 12.2 Å². The molecule has 1 unspecified atom stereocenters. The minimum Gasteiger partial charge on any atom is -0.383 e. The predicted octanol–water partition coefficient (Wildman–Crippen LogP) is 3.11. The molecule has 2 aliphatic rings. The minimum absolute atomic E-state index is 0.469. The van der Waals surface area contributed by atoms with Crippen molar-refractivity contribution in [1.82, 2.24) is 15.3 Å². The number of ether oxygens (including phenoxy) is 1.